The summed E-state index contributed by atoms with van der Waals surface area (Å²) >= 11 is 0. The summed E-state index contributed by atoms with van der Waals surface area (Å²) in [6.45, 7) is 5.77. The van der Waals surface area contributed by atoms with Gasteiger partial charge in [0.15, 0.2) is 0 Å². The number of hydrogen-bond acceptors (Lipinski definition) is 3. The number of allylic oxidation sites excluding steroid dienone is 3. The third-order valence-electron chi connectivity index (χ3n) is 2.38. The van der Waals surface area contributed by atoms with Crippen LogP contribution in [0.4, 0.5) is 0 Å². The quantitative estimate of drug-likeness (QED) is 0.444. The molecule has 0 aliphatic carbocycles. The highest BCUT2D eigenvalue weighted by Gasteiger charge is 2.04. The van der Waals surface area contributed by atoms with Gasteiger partial charge < -0.3 is 9.47 Å². The molecule has 19 heavy (non-hydrogen) atoms. The number of rotatable bonds is 6. The van der Waals surface area contributed by atoms with E-state index in [4.69, 9.17) is 9.47 Å². The van der Waals surface area contributed by atoms with Gasteiger partial charge in [0, 0.05) is 0 Å². The van der Waals surface area contributed by atoms with Crippen LogP contribution in [-0.2, 0) is 9.47 Å². The molecule has 0 unspecified atom stereocenters. The fourth-order valence-corrected chi connectivity index (χ4v) is 1.43. The Labute approximate surface area is 113 Å². The number of hydrogen-bond donors (Lipinski definition) is 0. The van der Waals surface area contributed by atoms with E-state index in [0.717, 1.165) is 5.56 Å². The lowest BCUT2D eigenvalue weighted by molar-refractivity contribution is 0.0526. The van der Waals surface area contributed by atoms with Crippen LogP contribution >= 0.6 is 0 Å². The van der Waals surface area contributed by atoms with Gasteiger partial charge in [-0.1, -0.05) is 30.9 Å². The molecule has 1 rings (SSSR count). The van der Waals surface area contributed by atoms with Crippen LogP contribution in [0.1, 0.15) is 22.8 Å². The maximum atomic E-state index is 11.5. The van der Waals surface area contributed by atoms with E-state index in [1.807, 2.05) is 24.3 Å². The van der Waals surface area contributed by atoms with Crippen LogP contribution in [0.15, 0.2) is 54.8 Å². The second-order valence-corrected chi connectivity index (χ2v) is 3.68. The maximum Gasteiger partial charge on any atom is 0.338 e. The first kappa shape index (κ1) is 14.8. The Balaban J connectivity index is 2.77. The normalized spacial score (nSPS) is 11.4. The lowest BCUT2D eigenvalue weighted by Crippen LogP contribution is -2.03. The fourth-order valence-electron chi connectivity index (χ4n) is 1.43. The van der Waals surface area contributed by atoms with Crippen molar-refractivity contribution < 1.29 is 14.3 Å². The molecule has 1 aromatic carbocycles. The predicted molar refractivity (Wildman–Crippen MR) is 76.7 cm³/mol. The molecule has 0 saturated carbocycles. The third kappa shape index (κ3) is 4.84. The Bertz CT molecular complexity index is 481. The van der Waals surface area contributed by atoms with Gasteiger partial charge in [-0.25, -0.2) is 4.79 Å². The lowest BCUT2D eigenvalue weighted by atomic mass is 10.1. The van der Waals surface area contributed by atoms with Gasteiger partial charge in [-0.05, 0) is 36.8 Å². The SMILES string of the molecule is C=C/C=C(/C=C/c1ccc(C(=O)OCC)cc1)OC. The molecule has 0 amide bonds. The van der Waals surface area contributed by atoms with Crippen LogP contribution in [0.3, 0.4) is 0 Å². The van der Waals surface area contributed by atoms with Crippen LogP contribution in [-0.4, -0.2) is 19.7 Å². The molecule has 0 aliphatic rings. The van der Waals surface area contributed by atoms with E-state index in [9.17, 15) is 4.79 Å². The van der Waals surface area contributed by atoms with Crippen molar-refractivity contribution >= 4 is 12.0 Å². The largest absolute Gasteiger partial charge is 0.497 e. The second kappa shape index (κ2) is 7.93. The molecule has 0 fully saturated rings. The topological polar surface area (TPSA) is 35.5 Å². The highest BCUT2D eigenvalue weighted by atomic mass is 16.5. The highest BCUT2D eigenvalue weighted by Crippen LogP contribution is 2.09. The minimum Gasteiger partial charge on any atom is -0.497 e. The van der Waals surface area contributed by atoms with Crippen LogP contribution < -0.4 is 0 Å². The second-order valence-electron chi connectivity index (χ2n) is 3.68. The summed E-state index contributed by atoms with van der Waals surface area (Å²) in [5.74, 6) is 0.409. The molecule has 3 heteroatoms. The number of esters is 1. The zero-order valence-corrected chi connectivity index (χ0v) is 11.3. The van der Waals surface area contributed by atoms with E-state index in [2.05, 4.69) is 6.58 Å². The molecule has 0 heterocycles. The molecule has 0 aromatic heterocycles. The molecule has 0 saturated heterocycles. The number of benzene rings is 1. The van der Waals surface area contributed by atoms with E-state index in [-0.39, 0.29) is 5.97 Å². The number of ether oxygens (including phenoxy) is 2. The van der Waals surface area contributed by atoms with E-state index >= 15 is 0 Å². The molecular weight excluding hydrogens is 240 g/mol. The van der Waals surface area contributed by atoms with Gasteiger partial charge >= 0.3 is 5.97 Å². The molecule has 0 aliphatic heterocycles. The zero-order chi connectivity index (χ0) is 14.1. The summed E-state index contributed by atoms with van der Waals surface area (Å²) in [7, 11) is 1.60. The summed E-state index contributed by atoms with van der Waals surface area (Å²) in [5.41, 5.74) is 1.52. The van der Waals surface area contributed by atoms with Gasteiger partial charge in [-0.3, -0.25) is 0 Å². The van der Waals surface area contributed by atoms with Gasteiger partial charge in [0.05, 0.1) is 19.3 Å². The fraction of sp³-hybridized carbons (Fsp3) is 0.188. The van der Waals surface area contributed by atoms with Crippen molar-refractivity contribution in [2.45, 2.75) is 6.92 Å². The summed E-state index contributed by atoms with van der Waals surface area (Å²) in [4.78, 5) is 11.5. The molecule has 3 nitrogen and oxygen atoms in total. The first-order valence-corrected chi connectivity index (χ1v) is 6.03. The van der Waals surface area contributed by atoms with E-state index in [0.29, 0.717) is 17.9 Å². The number of carbonyl (C=O) groups is 1. The van der Waals surface area contributed by atoms with Crippen LogP contribution in [0.25, 0.3) is 6.08 Å². The van der Waals surface area contributed by atoms with Crippen molar-refractivity contribution in [3.8, 4) is 0 Å². The van der Waals surface area contributed by atoms with Crippen molar-refractivity contribution in [1.82, 2.24) is 0 Å². The van der Waals surface area contributed by atoms with E-state index < -0.39 is 0 Å². The summed E-state index contributed by atoms with van der Waals surface area (Å²) in [5, 5.41) is 0. The first-order chi connectivity index (χ1) is 9.21. The van der Waals surface area contributed by atoms with Crippen molar-refractivity contribution in [1.29, 1.82) is 0 Å². The molecule has 1 aromatic rings. The third-order valence-corrected chi connectivity index (χ3v) is 2.38. The van der Waals surface area contributed by atoms with Crippen LogP contribution in [0, 0.1) is 0 Å². The minimum atomic E-state index is -0.304. The summed E-state index contributed by atoms with van der Waals surface area (Å²) < 4.78 is 10.1. The van der Waals surface area contributed by atoms with Crippen molar-refractivity contribution in [3.63, 3.8) is 0 Å². The molecule has 0 atom stereocenters. The molecule has 0 bridgehead atoms. The molecule has 0 spiro atoms. The summed E-state index contributed by atoms with van der Waals surface area (Å²) in [6.07, 6.45) is 7.16. The van der Waals surface area contributed by atoms with E-state index in [1.165, 1.54) is 0 Å². The van der Waals surface area contributed by atoms with E-state index in [1.54, 1.807) is 38.3 Å². The van der Waals surface area contributed by atoms with Gasteiger partial charge in [0.1, 0.15) is 5.76 Å². The maximum absolute atomic E-state index is 11.5. The molecular formula is C16H18O3. The average Bonchev–Trinajstić information content (AvgIpc) is 2.44. The molecule has 0 radical (unpaired) electrons. The van der Waals surface area contributed by atoms with Gasteiger partial charge in [0.25, 0.3) is 0 Å². The van der Waals surface area contributed by atoms with Crippen LogP contribution in [0.5, 0.6) is 0 Å². The van der Waals surface area contributed by atoms with Gasteiger partial charge in [0.2, 0.25) is 0 Å². The predicted octanol–water partition coefficient (Wildman–Crippen LogP) is 3.59. The Morgan fingerprint density at radius 3 is 2.53 bits per heavy atom. The average molecular weight is 258 g/mol. The smallest absolute Gasteiger partial charge is 0.338 e. The monoisotopic (exact) mass is 258 g/mol. The Kier molecular flexibility index (Phi) is 6.16. The van der Waals surface area contributed by atoms with Crippen LogP contribution in [0.2, 0.25) is 0 Å². The Morgan fingerprint density at radius 1 is 1.32 bits per heavy atom. The number of methoxy groups -OCH3 is 1. The minimum absolute atomic E-state index is 0.304. The van der Waals surface area contributed by atoms with Gasteiger partial charge in [-0.2, -0.15) is 0 Å². The van der Waals surface area contributed by atoms with Crippen molar-refractivity contribution in [2.24, 2.45) is 0 Å². The van der Waals surface area contributed by atoms with Crippen molar-refractivity contribution in [2.75, 3.05) is 13.7 Å². The molecule has 100 valence electrons. The Morgan fingerprint density at radius 2 is 2.00 bits per heavy atom. The highest BCUT2D eigenvalue weighted by molar-refractivity contribution is 5.89. The Hall–Kier alpha value is -2.29. The lowest BCUT2D eigenvalue weighted by Gasteiger charge is -2.02. The van der Waals surface area contributed by atoms with Crippen molar-refractivity contribution in [3.05, 3.63) is 66.0 Å². The summed E-state index contributed by atoms with van der Waals surface area (Å²) in [6, 6.07) is 7.18. The van der Waals surface area contributed by atoms with Gasteiger partial charge in [-0.15, -0.1) is 0 Å². The first-order valence-electron chi connectivity index (χ1n) is 6.03. The zero-order valence-electron chi connectivity index (χ0n) is 11.3. The number of carbonyl (C=O) groups excluding carboxylic acids is 1. The standard InChI is InChI=1S/C16H18O3/c1-4-6-15(18-3)12-9-13-7-10-14(11-8-13)16(17)19-5-2/h4,6-12H,1,5H2,2-3H3/b12-9+,15-6-. The molecule has 0 N–H and O–H groups in total.